The summed E-state index contributed by atoms with van der Waals surface area (Å²) in [5.41, 5.74) is 7.56. The first-order valence-corrected chi connectivity index (χ1v) is 6.04. The Labute approximate surface area is 100 Å². The maximum atomic E-state index is 13.2. The molecule has 0 aliphatic heterocycles. The lowest BCUT2D eigenvalue weighted by atomic mass is 10.3. The van der Waals surface area contributed by atoms with Gasteiger partial charge in [0.1, 0.15) is 11.6 Å². The molecule has 3 nitrogen and oxygen atoms in total. The van der Waals surface area contributed by atoms with Crippen molar-refractivity contribution >= 4 is 11.0 Å². The van der Waals surface area contributed by atoms with E-state index < -0.39 is 0 Å². The number of fused-ring (bicyclic) bond motifs is 1. The zero-order valence-corrected chi connectivity index (χ0v) is 10.3. The van der Waals surface area contributed by atoms with Crippen LogP contribution in [-0.4, -0.2) is 9.55 Å². The predicted octanol–water partition coefficient (Wildman–Crippen LogP) is 3.00. The van der Waals surface area contributed by atoms with E-state index in [1.165, 1.54) is 12.1 Å². The summed E-state index contributed by atoms with van der Waals surface area (Å²) >= 11 is 0. The van der Waals surface area contributed by atoms with E-state index in [2.05, 4.69) is 16.5 Å². The molecule has 4 heteroatoms. The molecule has 0 fully saturated rings. The Kier molecular flexibility index (Phi) is 3.43. The van der Waals surface area contributed by atoms with Crippen LogP contribution in [0.4, 0.5) is 4.39 Å². The van der Waals surface area contributed by atoms with Crippen molar-refractivity contribution in [1.82, 2.24) is 9.55 Å². The minimum absolute atomic E-state index is 0.137. The maximum Gasteiger partial charge on any atom is 0.126 e. The van der Waals surface area contributed by atoms with Crippen molar-refractivity contribution in [2.75, 3.05) is 0 Å². The standard InChI is InChI=1S/C13H18FN3/c1-3-4-7-17-12-6-5-10(14)8-11(12)16-13(17)9(2)15/h5-6,8-9H,3-4,7,15H2,1-2H3. The van der Waals surface area contributed by atoms with E-state index in [-0.39, 0.29) is 11.9 Å². The van der Waals surface area contributed by atoms with Gasteiger partial charge < -0.3 is 10.3 Å². The zero-order chi connectivity index (χ0) is 12.4. The molecule has 1 aromatic carbocycles. The van der Waals surface area contributed by atoms with Gasteiger partial charge in [-0.05, 0) is 25.5 Å². The molecule has 0 aliphatic carbocycles. The second-order valence-electron chi connectivity index (χ2n) is 4.40. The number of halogens is 1. The third-order valence-electron chi connectivity index (χ3n) is 2.88. The summed E-state index contributed by atoms with van der Waals surface area (Å²) in [5.74, 6) is 0.577. The predicted molar refractivity (Wildman–Crippen MR) is 67.2 cm³/mol. The van der Waals surface area contributed by atoms with Crippen molar-refractivity contribution < 1.29 is 4.39 Å². The van der Waals surface area contributed by atoms with Gasteiger partial charge in [-0.3, -0.25) is 0 Å². The Balaban J connectivity index is 2.54. The van der Waals surface area contributed by atoms with Crippen LogP contribution < -0.4 is 5.73 Å². The molecule has 1 aromatic heterocycles. The second kappa shape index (κ2) is 4.84. The highest BCUT2D eigenvalue weighted by Gasteiger charge is 2.13. The molecule has 17 heavy (non-hydrogen) atoms. The van der Waals surface area contributed by atoms with Gasteiger partial charge in [-0.1, -0.05) is 13.3 Å². The van der Waals surface area contributed by atoms with Gasteiger partial charge in [0, 0.05) is 12.6 Å². The minimum atomic E-state index is -0.256. The third-order valence-corrected chi connectivity index (χ3v) is 2.88. The van der Waals surface area contributed by atoms with Crippen LogP contribution in [0, 0.1) is 5.82 Å². The summed E-state index contributed by atoms with van der Waals surface area (Å²) in [7, 11) is 0. The summed E-state index contributed by atoms with van der Waals surface area (Å²) in [6.07, 6.45) is 2.18. The highest BCUT2D eigenvalue weighted by Crippen LogP contribution is 2.21. The van der Waals surface area contributed by atoms with Gasteiger partial charge in [-0.2, -0.15) is 0 Å². The number of benzene rings is 1. The molecule has 92 valence electrons. The van der Waals surface area contributed by atoms with E-state index in [1.807, 2.05) is 6.92 Å². The number of aryl methyl sites for hydroxylation is 1. The van der Waals surface area contributed by atoms with Crippen molar-refractivity contribution in [3.8, 4) is 0 Å². The highest BCUT2D eigenvalue weighted by molar-refractivity contribution is 5.76. The van der Waals surface area contributed by atoms with Crippen LogP contribution >= 0.6 is 0 Å². The fourth-order valence-electron chi connectivity index (χ4n) is 2.02. The van der Waals surface area contributed by atoms with Gasteiger partial charge in [-0.25, -0.2) is 9.37 Å². The van der Waals surface area contributed by atoms with Crippen LogP contribution in [0.15, 0.2) is 18.2 Å². The van der Waals surface area contributed by atoms with Gasteiger partial charge in [0.25, 0.3) is 0 Å². The molecule has 0 radical (unpaired) electrons. The molecule has 0 spiro atoms. The van der Waals surface area contributed by atoms with E-state index in [4.69, 9.17) is 5.73 Å². The molecule has 1 unspecified atom stereocenters. The lowest BCUT2D eigenvalue weighted by molar-refractivity contribution is 0.587. The number of rotatable bonds is 4. The number of unbranched alkanes of at least 4 members (excludes halogenated alkanes) is 1. The Morgan fingerprint density at radius 1 is 1.47 bits per heavy atom. The molecule has 0 bridgehead atoms. The summed E-state index contributed by atoms with van der Waals surface area (Å²) in [5, 5.41) is 0. The van der Waals surface area contributed by atoms with Crippen molar-refractivity contribution in [2.45, 2.75) is 39.3 Å². The normalized spacial score (nSPS) is 13.2. The van der Waals surface area contributed by atoms with E-state index in [1.54, 1.807) is 6.07 Å². The minimum Gasteiger partial charge on any atom is -0.327 e. The number of imidazole rings is 1. The SMILES string of the molecule is CCCCn1c(C(C)N)nc2cc(F)ccc21. The third kappa shape index (κ3) is 2.31. The number of aromatic nitrogens is 2. The van der Waals surface area contributed by atoms with Gasteiger partial charge in [0.15, 0.2) is 0 Å². The smallest absolute Gasteiger partial charge is 0.126 e. The van der Waals surface area contributed by atoms with Crippen LogP contribution in [0.3, 0.4) is 0 Å². The molecule has 0 aliphatic rings. The molecule has 0 amide bonds. The van der Waals surface area contributed by atoms with E-state index in [0.717, 1.165) is 30.7 Å². The molecule has 2 N–H and O–H groups in total. The molecule has 2 aromatic rings. The molecule has 1 atom stereocenters. The van der Waals surface area contributed by atoms with Crippen LogP contribution in [0.5, 0.6) is 0 Å². The average Bonchev–Trinajstić information content (AvgIpc) is 2.64. The highest BCUT2D eigenvalue weighted by atomic mass is 19.1. The van der Waals surface area contributed by atoms with E-state index in [9.17, 15) is 4.39 Å². The molecule has 0 saturated heterocycles. The van der Waals surface area contributed by atoms with Crippen LogP contribution in [0.2, 0.25) is 0 Å². The fourth-order valence-corrected chi connectivity index (χ4v) is 2.02. The Hall–Kier alpha value is -1.42. The Bertz CT molecular complexity index is 517. The summed E-state index contributed by atoms with van der Waals surface area (Å²) in [6.45, 7) is 4.93. The van der Waals surface area contributed by atoms with Gasteiger partial charge in [-0.15, -0.1) is 0 Å². The van der Waals surface area contributed by atoms with Gasteiger partial charge >= 0.3 is 0 Å². The number of hydrogen-bond acceptors (Lipinski definition) is 2. The average molecular weight is 235 g/mol. The van der Waals surface area contributed by atoms with E-state index >= 15 is 0 Å². The summed E-state index contributed by atoms with van der Waals surface area (Å²) in [6, 6.07) is 4.57. The largest absolute Gasteiger partial charge is 0.327 e. The van der Waals surface area contributed by atoms with Crippen molar-refractivity contribution in [2.24, 2.45) is 5.73 Å². The van der Waals surface area contributed by atoms with Crippen LogP contribution in [0.25, 0.3) is 11.0 Å². The molecule has 2 rings (SSSR count). The molecular weight excluding hydrogens is 217 g/mol. The fraction of sp³-hybridized carbons (Fsp3) is 0.462. The quantitative estimate of drug-likeness (QED) is 0.885. The topological polar surface area (TPSA) is 43.8 Å². The van der Waals surface area contributed by atoms with E-state index in [0.29, 0.717) is 5.52 Å². The monoisotopic (exact) mass is 235 g/mol. The number of nitrogens with zero attached hydrogens (tertiary/aromatic N) is 2. The molecule has 1 heterocycles. The Morgan fingerprint density at radius 3 is 2.88 bits per heavy atom. The maximum absolute atomic E-state index is 13.2. The van der Waals surface area contributed by atoms with Crippen LogP contribution in [0.1, 0.15) is 38.6 Å². The Morgan fingerprint density at radius 2 is 2.24 bits per heavy atom. The number of hydrogen-bond donors (Lipinski definition) is 1. The van der Waals surface area contributed by atoms with Crippen LogP contribution in [-0.2, 0) is 6.54 Å². The van der Waals surface area contributed by atoms with Gasteiger partial charge in [0.05, 0.1) is 17.1 Å². The van der Waals surface area contributed by atoms with Crippen molar-refractivity contribution in [1.29, 1.82) is 0 Å². The lowest BCUT2D eigenvalue weighted by Gasteiger charge is -2.10. The summed E-state index contributed by atoms with van der Waals surface area (Å²) in [4.78, 5) is 4.42. The van der Waals surface area contributed by atoms with Crippen molar-refractivity contribution in [3.05, 3.63) is 29.8 Å². The zero-order valence-electron chi connectivity index (χ0n) is 10.3. The first-order chi connectivity index (χ1) is 8.13. The van der Waals surface area contributed by atoms with Gasteiger partial charge in [0.2, 0.25) is 0 Å². The summed E-state index contributed by atoms with van der Waals surface area (Å²) < 4.78 is 15.3. The molecule has 0 saturated carbocycles. The molecular formula is C13H18FN3. The number of nitrogens with two attached hydrogens (primary N) is 1. The lowest BCUT2D eigenvalue weighted by Crippen LogP contribution is -2.13. The first-order valence-electron chi connectivity index (χ1n) is 6.04. The van der Waals surface area contributed by atoms with Crippen molar-refractivity contribution in [3.63, 3.8) is 0 Å². The second-order valence-corrected chi connectivity index (χ2v) is 4.40. The first kappa shape index (κ1) is 12.0.